The van der Waals surface area contributed by atoms with Gasteiger partial charge >= 0.3 is 0 Å². The van der Waals surface area contributed by atoms with Crippen molar-refractivity contribution < 1.29 is 19.2 Å². The molecule has 0 bridgehead atoms. The molecule has 2 aliphatic rings. The van der Waals surface area contributed by atoms with Gasteiger partial charge in [0.2, 0.25) is 11.8 Å². The Bertz CT molecular complexity index is 2720. The Balaban J connectivity index is 0.816. The quantitative estimate of drug-likeness (QED) is 0.0661. The highest BCUT2D eigenvalue weighted by Gasteiger charge is 2.14. The second-order valence-electron chi connectivity index (χ2n) is 15.2. The topological polar surface area (TPSA) is 191 Å². The fourth-order valence-electron chi connectivity index (χ4n) is 6.85. The predicted octanol–water partition coefficient (Wildman–Crippen LogP) is 9.92. The molecule has 8 rings (SSSR count). The zero-order valence-corrected chi connectivity index (χ0v) is 35.9. The second kappa shape index (κ2) is 20.4. The summed E-state index contributed by atoms with van der Waals surface area (Å²) in [5.74, 6) is -0.892. The predicted molar refractivity (Wildman–Crippen MR) is 263 cm³/mol. The molecule has 6 aromatic rings. The Morgan fingerprint density at radius 2 is 0.742 bits per heavy atom. The van der Waals surface area contributed by atoms with Gasteiger partial charge in [0.1, 0.15) is 0 Å². The SMILES string of the molecule is CC(=O)Nc1ccc(NC2C=CC(=Nc3ccc(NC(=O)c4ccnc(-c5cc(C(=O)Nc6ccc(N=C7C=CC(Nc8ccc(NC(C)=O)cc8)C=C7)cc6)ccn5)c4)cc3)C=C2)cc1. The van der Waals surface area contributed by atoms with Gasteiger partial charge in [-0.1, -0.05) is 24.3 Å². The molecule has 2 aromatic heterocycles. The molecule has 6 N–H and O–H groups in total. The number of benzene rings is 4. The van der Waals surface area contributed by atoms with Gasteiger partial charge in [-0.05, 0) is 146 Å². The van der Waals surface area contributed by atoms with Crippen molar-refractivity contribution >= 4 is 80.6 Å². The molecule has 326 valence electrons. The summed E-state index contributed by atoms with van der Waals surface area (Å²) in [6.07, 6.45) is 18.9. The van der Waals surface area contributed by atoms with Crippen LogP contribution in [0.4, 0.5) is 45.5 Å². The number of anilines is 6. The molecule has 4 amide bonds. The van der Waals surface area contributed by atoms with Crippen LogP contribution in [0.25, 0.3) is 11.4 Å². The summed E-state index contributed by atoms with van der Waals surface area (Å²) in [5, 5.41) is 18.2. The first-order valence-electron chi connectivity index (χ1n) is 21.0. The number of nitrogens with zero attached hydrogens (tertiary/aromatic N) is 4. The number of aromatic nitrogens is 2. The van der Waals surface area contributed by atoms with Crippen molar-refractivity contribution in [2.45, 2.75) is 25.9 Å². The van der Waals surface area contributed by atoms with Gasteiger partial charge in [0.15, 0.2) is 0 Å². The number of aliphatic imine (C=N–C) groups is 2. The lowest BCUT2D eigenvalue weighted by atomic mass is 10.1. The summed E-state index contributed by atoms with van der Waals surface area (Å²) in [5.41, 5.74) is 9.14. The zero-order chi connectivity index (χ0) is 45.8. The molecular formula is C52H44N10O4. The van der Waals surface area contributed by atoms with Crippen molar-refractivity contribution in [2.75, 3.05) is 31.9 Å². The van der Waals surface area contributed by atoms with E-state index in [4.69, 9.17) is 9.98 Å². The molecule has 2 aliphatic carbocycles. The highest BCUT2D eigenvalue weighted by atomic mass is 16.2. The van der Waals surface area contributed by atoms with Crippen molar-refractivity contribution in [3.63, 3.8) is 0 Å². The van der Waals surface area contributed by atoms with E-state index in [0.29, 0.717) is 33.9 Å². The maximum Gasteiger partial charge on any atom is 0.255 e. The molecule has 0 saturated heterocycles. The molecule has 0 aliphatic heterocycles. The normalized spacial score (nSPS) is 14.8. The number of hydrogen-bond donors (Lipinski definition) is 6. The molecule has 0 saturated carbocycles. The Kier molecular flexibility index (Phi) is 13.5. The number of allylic oxidation sites excluding steroid dienone is 4. The number of amides is 4. The van der Waals surface area contributed by atoms with Crippen LogP contribution in [0.5, 0.6) is 0 Å². The number of carbonyl (C=O) groups is 4. The Morgan fingerprint density at radius 3 is 1.09 bits per heavy atom. The lowest BCUT2D eigenvalue weighted by Crippen LogP contribution is -2.17. The standard InChI is InChI=1S/C52H44N10O4/c1-33(63)55-37-3-7-39(8-4-37)57-41-11-15-43(16-12-41)59-45-19-23-47(24-20-45)61-51(65)35-27-29-53-49(31-35)50-32-36(28-30-54-50)52(66)62-48-25-21-46(22-26-48)60-44-17-13-42(14-18-44)58-40-9-5-38(6-10-40)56-34(2)64/h3-32,41-42,57-58H,1-2H3,(H,55,63)(H,56,64)(H,61,65)(H,62,66). The van der Waals surface area contributed by atoms with E-state index in [2.05, 4.69) is 41.9 Å². The van der Waals surface area contributed by atoms with Gasteiger partial charge in [-0.3, -0.25) is 29.1 Å². The molecular weight excluding hydrogens is 829 g/mol. The lowest BCUT2D eigenvalue weighted by molar-refractivity contribution is -0.115. The molecule has 0 fully saturated rings. The summed E-state index contributed by atoms with van der Waals surface area (Å²) in [6, 6.07) is 35.9. The minimum absolute atomic E-state index is 0.0169. The van der Waals surface area contributed by atoms with Crippen LogP contribution in [-0.2, 0) is 9.59 Å². The maximum atomic E-state index is 13.3. The molecule has 2 heterocycles. The highest BCUT2D eigenvalue weighted by Crippen LogP contribution is 2.24. The van der Waals surface area contributed by atoms with E-state index in [1.165, 1.54) is 26.2 Å². The number of pyridine rings is 2. The van der Waals surface area contributed by atoms with Gasteiger partial charge < -0.3 is 31.9 Å². The van der Waals surface area contributed by atoms with Crippen LogP contribution in [0.3, 0.4) is 0 Å². The van der Waals surface area contributed by atoms with E-state index in [1.54, 1.807) is 48.5 Å². The molecule has 0 radical (unpaired) electrons. The third kappa shape index (κ3) is 12.1. The number of hydrogen-bond acceptors (Lipinski definition) is 10. The molecule has 66 heavy (non-hydrogen) atoms. The average molecular weight is 873 g/mol. The average Bonchev–Trinajstić information content (AvgIpc) is 3.32. The van der Waals surface area contributed by atoms with E-state index in [0.717, 1.165) is 45.5 Å². The summed E-state index contributed by atoms with van der Waals surface area (Å²) in [6.45, 7) is 2.95. The minimum atomic E-state index is -0.332. The van der Waals surface area contributed by atoms with Crippen molar-refractivity contribution in [3.05, 3.63) is 193 Å². The van der Waals surface area contributed by atoms with Crippen LogP contribution >= 0.6 is 0 Å². The van der Waals surface area contributed by atoms with Crippen molar-refractivity contribution in [2.24, 2.45) is 9.98 Å². The molecule has 14 nitrogen and oxygen atoms in total. The molecule has 4 aromatic carbocycles. The van der Waals surface area contributed by atoms with E-state index in [1.807, 2.05) is 121 Å². The summed E-state index contributed by atoms with van der Waals surface area (Å²) in [4.78, 5) is 67.5. The maximum absolute atomic E-state index is 13.3. The smallest absolute Gasteiger partial charge is 0.255 e. The zero-order valence-electron chi connectivity index (χ0n) is 35.9. The van der Waals surface area contributed by atoms with Crippen LogP contribution < -0.4 is 31.9 Å². The van der Waals surface area contributed by atoms with Crippen molar-refractivity contribution in [1.82, 2.24) is 9.97 Å². The van der Waals surface area contributed by atoms with Gasteiger partial charge in [0.25, 0.3) is 11.8 Å². The third-order valence-electron chi connectivity index (χ3n) is 10.0. The van der Waals surface area contributed by atoms with E-state index < -0.39 is 0 Å². The molecule has 0 atom stereocenters. The van der Waals surface area contributed by atoms with Crippen LogP contribution in [0.2, 0.25) is 0 Å². The van der Waals surface area contributed by atoms with Crippen molar-refractivity contribution in [1.29, 1.82) is 0 Å². The molecule has 0 spiro atoms. The number of rotatable bonds is 13. The van der Waals surface area contributed by atoms with Gasteiger partial charge in [0.05, 0.1) is 46.3 Å². The van der Waals surface area contributed by atoms with E-state index in [9.17, 15) is 19.2 Å². The summed E-state index contributed by atoms with van der Waals surface area (Å²) < 4.78 is 0. The largest absolute Gasteiger partial charge is 0.375 e. The Morgan fingerprint density at radius 1 is 0.424 bits per heavy atom. The monoisotopic (exact) mass is 872 g/mol. The van der Waals surface area contributed by atoms with Gasteiger partial charge in [-0.2, -0.15) is 0 Å². The highest BCUT2D eigenvalue weighted by molar-refractivity contribution is 6.08. The van der Waals surface area contributed by atoms with E-state index in [-0.39, 0.29) is 35.7 Å². The van der Waals surface area contributed by atoms with Crippen LogP contribution in [0.1, 0.15) is 34.6 Å². The first-order valence-corrected chi connectivity index (χ1v) is 21.0. The van der Waals surface area contributed by atoms with Gasteiger partial charge in [0, 0.05) is 71.5 Å². The van der Waals surface area contributed by atoms with E-state index >= 15 is 0 Å². The number of nitrogens with one attached hydrogen (secondary N) is 6. The lowest BCUT2D eigenvalue weighted by Gasteiger charge is -2.16. The van der Waals surface area contributed by atoms with Gasteiger partial charge in [-0.25, -0.2) is 9.98 Å². The third-order valence-corrected chi connectivity index (χ3v) is 10.0. The Labute approximate surface area is 381 Å². The van der Waals surface area contributed by atoms with Crippen LogP contribution in [-0.4, -0.2) is 57.1 Å². The van der Waals surface area contributed by atoms with Crippen LogP contribution in [0, 0.1) is 0 Å². The molecule has 14 heteroatoms. The van der Waals surface area contributed by atoms with Gasteiger partial charge in [-0.15, -0.1) is 0 Å². The summed E-state index contributed by atoms with van der Waals surface area (Å²) >= 11 is 0. The fraction of sp³-hybridized carbons (Fsp3) is 0.0769. The van der Waals surface area contributed by atoms with Crippen molar-refractivity contribution in [3.8, 4) is 11.4 Å². The first kappa shape index (κ1) is 43.6. The fourth-order valence-corrected chi connectivity index (χ4v) is 6.85. The van der Waals surface area contributed by atoms with Crippen LogP contribution in [0.15, 0.2) is 192 Å². The first-order chi connectivity index (χ1) is 32.1. The second-order valence-corrected chi connectivity index (χ2v) is 15.2. The summed E-state index contributed by atoms with van der Waals surface area (Å²) in [7, 11) is 0. The minimum Gasteiger partial charge on any atom is -0.375 e. The molecule has 0 unspecified atom stereocenters. The Hall–Kier alpha value is -9.04. The number of carbonyl (C=O) groups excluding carboxylic acids is 4.